The van der Waals surface area contributed by atoms with Crippen LogP contribution < -0.4 is 15.8 Å². The molecular formula is C14H14BrN5O. The largest absolute Gasteiger partial charge is 0.492 e. The lowest BCUT2D eigenvalue weighted by molar-refractivity contribution is 0.328. The summed E-state index contributed by atoms with van der Waals surface area (Å²) in [4.78, 5) is 4.43. The van der Waals surface area contributed by atoms with Crippen molar-refractivity contribution >= 4 is 33.2 Å². The van der Waals surface area contributed by atoms with Gasteiger partial charge in [-0.2, -0.15) is 4.98 Å². The van der Waals surface area contributed by atoms with Crippen LogP contribution in [0.2, 0.25) is 0 Å². The summed E-state index contributed by atoms with van der Waals surface area (Å²) in [6.45, 7) is 1.01. The van der Waals surface area contributed by atoms with E-state index in [1.807, 2.05) is 42.6 Å². The van der Waals surface area contributed by atoms with Gasteiger partial charge in [-0.15, -0.1) is 5.10 Å². The van der Waals surface area contributed by atoms with Crippen LogP contribution in [-0.2, 0) is 0 Å². The van der Waals surface area contributed by atoms with Gasteiger partial charge in [-0.05, 0) is 52.3 Å². The van der Waals surface area contributed by atoms with E-state index in [0.29, 0.717) is 19.1 Å². The Morgan fingerprint density at radius 1 is 1.24 bits per heavy atom. The molecule has 0 fully saturated rings. The highest BCUT2D eigenvalue weighted by Gasteiger charge is 2.06. The number of nitrogens with zero attached hydrogens (tertiary/aromatic N) is 3. The molecule has 0 amide bonds. The molecule has 3 rings (SSSR count). The second-order valence-electron chi connectivity index (χ2n) is 4.35. The number of aromatic nitrogens is 3. The van der Waals surface area contributed by atoms with Crippen molar-refractivity contribution in [2.24, 2.45) is 5.73 Å². The van der Waals surface area contributed by atoms with E-state index in [9.17, 15) is 0 Å². The fourth-order valence-corrected chi connectivity index (χ4v) is 2.29. The predicted molar refractivity (Wildman–Crippen MR) is 85.0 cm³/mol. The standard InChI is InChI=1S/C14H14BrN5O/c15-12-2-1-8-20-13(12)18-14(19-20)17-10-3-5-11(6-4-10)21-9-7-16/h1-6,8H,7,9,16H2,(H,17,19). The Kier molecular flexibility index (Phi) is 4.03. The van der Waals surface area contributed by atoms with Crippen molar-refractivity contribution in [1.29, 1.82) is 0 Å². The summed E-state index contributed by atoms with van der Waals surface area (Å²) >= 11 is 3.45. The van der Waals surface area contributed by atoms with Crippen molar-refractivity contribution in [2.45, 2.75) is 0 Å². The van der Waals surface area contributed by atoms with Crippen molar-refractivity contribution in [2.75, 3.05) is 18.5 Å². The molecule has 0 spiro atoms. The Morgan fingerprint density at radius 2 is 2.05 bits per heavy atom. The first-order chi connectivity index (χ1) is 10.3. The number of pyridine rings is 1. The third-order valence-corrected chi connectivity index (χ3v) is 3.43. The summed E-state index contributed by atoms with van der Waals surface area (Å²) in [5.41, 5.74) is 7.05. The SMILES string of the molecule is NCCOc1ccc(Nc2nc3c(Br)cccn3n2)cc1. The van der Waals surface area contributed by atoms with Crippen LogP contribution in [0, 0.1) is 0 Å². The molecule has 0 aliphatic rings. The highest BCUT2D eigenvalue weighted by atomic mass is 79.9. The van der Waals surface area contributed by atoms with Crippen LogP contribution in [0.25, 0.3) is 5.65 Å². The van der Waals surface area contributed by atoms with Crippen LogP contribution in [0.15, 0.2) is 47.1 Å². The molecule has 6 nitrogen and oxygen atoms in total. The van der Waals surface area contributed by atoms with Crippen LogP contribution in [0.5, 0.6) is 5.75 Å². The minimum absolute atomic E-state index is 0.500. The molecule has 0 saturated carbocycles. The number of rotatable bonds is 5. The fourth-order valence-electron chi connectivity index (χ4n) is 1.87. The monoisotopic (exact) mass is 347 g/mol. The minimum atomic E-state index is 0.500. The molecule has 2 heterocycles. The second-order valence-corrected chi connectivity index (χ2v) is 5.20. The van der Waals surface area contributed by atoms with Gasteiger partial charge in [-0.1, -0.05) is 0 Å². The number of hydrogen-bond acceptors (Lipinski definition) is 5. The van der Waals surface area contributed by atoms with Crippen molar-refractivity contribution in [3.8, 4) is 5.75 Å². The first-order valence-electron chi connectivity index (χ1n) is 6.47. The van der Waals surface area contributed by atoms with Crippen LogP contribution in [0.1, 0.15) is 0 Å². The van der Waals surface area contributed by atoms with Gasteiger partial charge in [-0.3, -0.25) is 0 Å². The molecule has 0 unspecified atom stereocenters. The van der Waals surface area contributed by atoms with E-state index >= 15 is 0 Å². The van der Waals surface area contributed by atoms with Gasteiger partial charge in [0, 0.05) is 18.4 Å². The smallest absolute Gasteiger partial charge is 0.247 e. The molecule has 21 heavy (non-hydrogen) atoms. The third kappa shape index (κ3) is 3.14. The van der Waals surface area contributed by atoms with Crippen molar-refractivity contribution in [3.05, 3.63) is 47.1 Å². The van der Waals surface area contributed by atoms with E-state index in [2.05, 4.69) is 31.3 Å². The zero-order chi connectivity index (χ0) is 14.7. The quantitative estimate of drug-likeness (QED) is 0.741. The van der Waals surface area contributed by atoms with E-state index in [1.54, 1.807) is 4.52 Å². The third-order valence-electron chi connectivity index (χ3n) is 2.81. The highest BCUT2D eigenvalue weighted by Crippen LogP contribution is 2.21. The van der Waals surface area contributed by atoms with Gasteiger partial charge in [-0.25, -0.2) is 4.52 Å². The Hall–Kier alpha value is -2.12. The summed E-state index contributed by atoms with van der Waals surface area (Å²) in [5.74, 6) is 1.33. The highest BCUT2D eigenvalue weighted by molar-refractivity contribution is 9.10. The lowest BCUT2D eigenvalue weighted by Crippen LogP contribution is -2.10. The van der Waals surface area contributed by atoms with Gasteiger partial charge in [0.2, 0.25) is 5.95 Å². The van der Waals surface area contributed by atoms with Crippen LogP contribution in [0.4, 0.5) is 11.6 Å². The van der Waals surface area contributed by atoms with Gasteiger partial charge in [0.15, 0.2) is 5.65 Å². The number of nitrogens with two attached hydrogens (primary N) is 1. The fraction of sp³-hybridized carbons (Fsp3) is 0.143. The van der Waals surface area contributed by atoms with Gasteiger partial charge in [0.1, 0.15) is 12.4 Å². The lowest BCUT2D eigenvalue weighted by Gasteiger charge is -2.05. The molecule has 0 bridgehead atoms. The molecule has 1 aromatic carbocycles. The maximum absolute atomic E-state index is 5.43. The van der Waals surface area contributed by atoms with E-state index in [0.717, 1.165) is 21.6 Å². The number of anilines is 2. The molecule has 0 radical (unpaired) electrons. The maximum atomic E-state index is 5.43. The van der Waals surface area contributed by atoms with E-state index in [-0.39, 0.29) is 0 Å². The maximum Gasteiger partial charge on any atom is 0.247 e. The van der Waals surface area contributed by atoms with Crippen molar-refractivity contribution in [1.82, 2.24) is 14.6 Å². The lowest BCUT2D eigenvalue weighted by atomic mass is 10.3. The normalized spacial score (nSPS) is 10.8. The molecule has 3 N–H and O–H groups in total. The minimum Gasteiger partial charge on any atom is -0.492 e. The number of hydrogen-bond donors (Lipinski definition) is 2. The second kappa shape index (κ2) is 6.11. The van der Waals surface area contributed by atoms with Crippen LogP contribution >= 0.6 is 15.9 Å². The molecule has 0 aliphatic heterocycles. The number of ether oxygens (including phenoxy) is 1. The number of fused-ring (bicyclic) bond motifs is 1. The average molecular weight is 348 g/mol. The summed E-state index contributed by atoms with van der Waals surface area (Å²) in [7, 11) is 0. The van der Waals surface area contributed by atoms with E-state index in [4.69, 9.17) is 10.5 Å². The molecule has 7 heteroatoms. The Bertz CT molecular complexity index is 741. The van der Waals surface area contributed by atoms with E-state index < -0.39 is 0 Å². The summed E-state index contributed by atoms with van der Waals surface area (Å²) in [6, 6.07) is 11.4. The molecule has 2 aromatic heterocycles. The van der Waals surface area contributed by atoms with Crippen LogP contribution in [0.3, 0.4) is 0 Å². The molecule has 0 atom stereocenters. The number of benzene rings is 1. The predicted octanol–water partition coefficient (Wildman–Crippen LogP) is 2.57. The Balaban J connectivity index is 1.77. The van der Waals surface area contributed by atoms with E-state index in [1.165, 1.54) is 0 Å². The summed E-state index contributed by atoms with van der Waals surface area (Å²) in [5, 5.41) is 7.52. The Morgan fingerprint density at radius 3 is 2.76 bits per heavy atom. The summed E-state index contributed by atoms with van der Waals surface area (Å²) in [6.07, 6.45) is 1.85. The van der Waals surface area contributed by atoms with Gasteiger partial charge in [0.05, 0.1) is 4.47 Å². The number of nitrogens with one attached hydrogen (secondary N) is 1. The van der Waals surface area contributed by atoms with Gasteiger partial charge >= 0.3 is 0 Å². The number of halogens is 1. The first kappa shape index (κ1) is 13.8. The summed E-state index contributed by atoms with van der Waals surface area (Å²) < 4.78 is 8.04. The molecular weight excluding hydrogens is 334 g/mol. The molecule has 0 aliphatic carbocycles. The Labute approximate surface area is 130 Å². The zero-order valence-electron chi connectivity index (χ0n) is 11.2. The van der Waals surface area contributed by atoms with Gasteiger partial charge < -0.3 is 15.8 Å². The molecule has 108 valence electrons. The molecule has 0 saturated heterocycles. The average Bonchev–Trinajstić information content (AvgIpc) is 2.91. The topological polar surface area (TPSA) is 77.5 Å². The van der Waals surface area contributed by atoms with Crippen molar-refractivity contribution < 1.29 is 4.74 Å². The first-order valence-corrected chi connectivity index (χ1v) is 7.26. The van der Waals surface area contributed by atoms with Gasteiger partial charge in [0.25, 0.3) is 0 Å². The molecule has 3 aromatic rings. The van der Waals surface area contributed by atoms with Crippen LogP contribution in [-0.4, -0.2) is 27.7 Å². The zero-order valence-corrected chi connectivity index (χ0v) is 12.7. The van der Waals surface area contributed by atoms with Crippen molar-refractivity contribution in [3.63, 3.8) is 0 Å².